The molecule has 0 bridgehead atoms. The van der Waals surface area contributed by atoms with Crippen LogP contribution in [0.1, 0.15) is 25.0 Å². The van der Waals surface area contributed by atoms with Gasteiger partial charge in [0, 0.05) is 21.6 Å². The van der Waals surface area contributed by atoms with Gasteiger partial charge in [-0.3, -0.25) is 0 Å². The fourth-order valence-electron chi connectivity index (χ4n) is 9.95. The van der Waals surface area contributed by atoms with Gasteiger partial charge in [0.1, 0.15) is 11.2 Å². The van der Waals surface area contributed by atoms with Crippen molar-refractivity contribution in [2.45, 2.75) is 19.3 Å². The lowest BCUT2D eigenvalue weighted by atomic mass is 9.81. The minimum Gasteiger partial charge on any atom is -0.455 e. The molecule has 0 aliphatic heterocycles. The Hall–Kier alpha value is -6.96. The van der Waals surface area contributed by atoms with Crippen LogP contribution in [-0.2, 0) is 5.41 Å². The third-order valence-electron chi connectivity index (χ3n) is 12.6. The second-order valence-electron chi connectivity index (χ2n) is 16.0. The van der Waals surface area contributed by atoms with E-state index in [-0.39, 0.29) is 5.41 Å². The van der Waals surface area contributed by atoms with E-state index >= 15 is 0 Å². The van der Waals surface area contributed by atoms with Gasteiger partial charge in [0.25, 0.3) is 0 Å². The Bertz CT molecular complexity index is 3390. The summed E-state index contributed by atoms with van der Waals surface area (Å²) in [7, 11) is 0. The van der Waals surface area contributed by atoms with E-state index in [1.807, 2.05) is 0 Å². The van der Waals surface area contributed by atoms with Crippen LogP contribution in [0.4, 0.5) is 0 Å². The predicted molar refractivity (Wildman–Crippen MR) is 238 cm³/mol. The summed E-state index contributed by atoms with van der Waals surface area (Å²) in [5.41, 5.74) is 14.5. The van der Waals surface area contributed by atoms with Gasteiger partial charge in [-0.2, -0.15) is 0 Å². The molecule has 0 atom stereocenters. The van der Waals surface area contributed by atoms with Crippen molar-refractivity contribution < 1.29 is 4.42 Å². The Balaban J connectivity index is 1.03. The molecule has 0 amide bonds. The molecule has 1 heteroatoms. The van der Waals surface area contributed by atoms with Crippen LogP contribution in [0.3, 0.4) is 0 Å². The zero-order chi connectivity index (χ0) is 37.1. The van der Waals surface area contributed by atoms with Gasteiger partial charge >= 0.3 is 0 Å². The molecule has 12 rings (SSSR count). The first-order chi connectivity index (χ1) is 27.5. The molecule has 1 aromatic heterocycles. The third kappa shape index (κ3) is 4.37. The molecule has 0 fully saturated rings. The molecule has 0 radical (unpaired) electrons. The lowest BCUT2D eigenvalue weighted by Gasteiger charge is -2.22. The topological polar surface area (TPSA) is 13.1 Å². The van der Waals surface area contributed by atoms with Crippen LogP contribution in [0, 0.1) is 0 Å². The Kier molecular flexibility index (Phi) is 6.46. The van der Waals surface area contributed by atoms with Crippen LogP contribution in [0.15, 0.2) is 186 Å². The van der Waals surface area contributed by atoms with Crippen molar-refractivity contribution >= 4 is 65.0 Å². The van der Waals surface area contributed by atoms with Gasteiger partial charge in [0.05, 0.1) is 0 Å². The Labute approximate surface area is 325 Å². The van der Waals surface area contributed by atoms with Crippen LogP contribution in [0.25, 0.3) is 110 Å². The molecule has 0 saturated carbocycles. The van der Waals surface area contributed by atoms with Gasteiger partial charge in [-0.25, -0.2) is 0 Å². The summed E-state index contributed by atoms with van der Waals surface area (Å²) in [6.45, 7) is 4.74. The van der Waals surface area contributed by atoms with E-state index in [9.17, 15) is 0 Å². The zero-order valence-corrected chi connectivity index (χ0v) is 31.2. The molecular weight excluding hydrogens is 677 g/mol. The van der Waals surface area contributed by atoms with E-state index in [1.165, 1.54) is 104 Å². The second-order valence-corrected chi connectivity index (χ2v) is 16.0. The summed E-state index contributed by atoms with van der Waals surface area (Å²) in [6, 6.07) is 67.2. The molecule has 1 nitrogen and oxygen atoms in total. The van der Waals surface area contributed by atoms with Gasteiger partial charge in [-0.15, -0.1) is 0 Å². The third-order valence-corrected chi connectivity index (χ3v) is 12.6. The monoisotopic (exact) mass is 712 g/mol. The number of rotatable bonds is 3. The van der Waals surface area contributed by atoms with E-state index in [2.05, 4.69) is 196 Å². The smallest absolute Gasteiger partial charge is 0.143 e. The quantitative estimate of drug-likeness (QED) is 0.166. The highest BCUT2D eigenvalue weighted by Gasteiger charge is 2.38. The summed E-state index contributed by atoms with van der Waals surface area (Å²) in [4.78, 5) is 0. The SMILES string of the molecule is CC1(C)c2cc(-c3cccc(-c4c5ccccc5c(-c5ccc6ccccc6c5)c5ccccc45)c3)ccc2-c2c1ccc1oc3c4ccccc4ccc3c21. The Morgan fingerprint density at radius 3 is 1.66 bits per heavy atom. The molecular formula is C55H36O. The average Bonchev–Trinajstić information content (AvgIpc) is 3.74. The molecule has 1 aliphatic carbocycles. The van der Waals surface area contributed by atoms with Crippen LogP contribution < -0.4 is 0 Å². The van der Waals surface area contributed by atoms with Crippen LogP contribution >= 0.6 is 0 Å². The number of hydrogen-bond acceptors (Lipinski definition) is 1. The highest BCUT2D eigenvalue weighted by Crippen LogP contribution is 2.54. The van der Waals surface area contributed by atoms with Crippen LogP contribution in [0.2, 0.25) is 0 Å². The summed E-state index contributed by atoms with van der Waals surface area (Å²) in [6.07, 6.45) is 0. The fraction of sp³-hybridized carbons (Fsp3) is 0.0545. The minimum atomic E-state index is -0.169. The molecule has 262 valence electrons. The maximum atomic E-state index is 6.63. The first-order valence-electron chi connectivity index (χ1n) is 19.6. The molecule has 0 unspecified atom stereocenters. The normalized spacial score (nSPS) is 13.3. The Morgan fingerprint density at radius 2 is 0.929 bits per heavy atom. The molecule has 0 saturated heterocycles. The highest BCUT2D eigenvalue weighted by molar-refractivity contribution is 6.22. The van der Waals surface area contributed by atoms with Crippen molar-refractivity contribution in [2.24, 2.45) is 0 Å². The van der Waals surface area contributed by atoms with Gasteiger partial charge in [0.2, 0.25) is 0 Å². The maximum Gasteiger partial charge on any atom is 0.143 e. The van der Waals surface area contributed by atoms with Crippen LogP contribution in [-0.4, -0.2) is 0 Å². The Morgan fingerprint density at radius 1 is 0.357 bits per heavy atom. The lowest BCUT2D eigenvalue weighted by molar-refractivity contribution is 0.657. The molecule has 0 N–H and O–H groups in total. The highest BCUT2D eigenvalue weighted by atomic mass is 16.3. The number of hydrogen-bond donors (Lipinski definition) is 0. The summed E-state index contributed by atoms with van der Waals surface area (Å²) in [5, 5.41) is 12.3. The van der Waals surface area contributed by atoms with Crippen LogP contribution in [0.5, 0.6) is 0 Å². The van der Waals surface area contributed by atoms with Crippen molar-refractivity contribution in [3.63, 3.8) is 0 Å². The largest absolute Gasteiger partial charge is 0.455 e. The predicted octanol–water partition coefficient (Wildman–Crippen LogP) is 15.5. The second kappa shape index (κ2) is 11.5. The van der Waals surface area contributed by atoms with Crippen molar-refractivity contribution in [1.82, 2.24) is 0 Å². The number of benzene rings is 10. The van der Waals surface area contributed by atoms with E-state index in [4.69, 9.17) is 4.42 Å². The first-order valence-corrected chi connectivity index (χ1v) is 19.6. The van der Waals surface area contributed by atoms with Crippen molar-refractivity contribution in [2.75, 3.05) is 0 Å². The summed E-state index contributed by atoms with van der Waals surface area (Å²) in [5.74, 6) is 0. The van der Waals surface area contributed by atoms with E-state index in [0.29, 0.717) is 0 Å². The standard InChI is InChI=1S/C55H36O/c1-55(2)47-28-29-49-53(46-27-24-34-13-5-6-17-40(34)54(46)56-49)52(47)45-26-25-37(32-48(45)55)36-15-11-16-38(31-36)50-41-18-7-9-20-43(41)51(44-21-10-8-19-42(44)50)39-23-22-33-12-3-4-14-35(33)30-39/h3-32H,1-2H3. The molecule has 1 aliphatic rings. The maximum absolute atomic E-state index is 6.63. The molecule has 56 heavy (non-hydrogen) atoms. The first kappa shape index (κ1) is 31.4. The van der Waals surface area contributed by atoms with Gasteiger partial charge in [-0.05, 0) is 124 Å². The van der Waals surface area contributed by atoms with E-state index in [1.54, 1.807) is 0 Å². The zero-order valence-electron chi connectivity index (χ0n) is 31.2. The lowest BCUT2D eigenvalue weighted by Crippen LogP contribution is -2.14. The molecule has 10 aromatic carbocycles. The summed E-state index contributed by atoms with van der Waals surface area (Å²) < 4.78 is 6.63. The molecule has 11 aromatic rings. The molecule has 0 spiro atoms. The van der Waals surface area contributed by atoms with E-state index < -0.39 is 0 Å². The minimum absolute atomic E-state index is 0.169. The van der Waals surface area contributed by atoms with Gasteiger partial charge in [-0.1, -0.05) is 166 Å². The van der Waals surface area contributed by atoms with Crippen molar-refractivity contribution in [3.8, 4) is 44.5 Å². The fourth-order valence-corrected chi connectivity index (χ4v) is 9.95. The van der Waals surface area contributed by atoms with E-state index in [0.717, 1.165) is 16.6 Å². The average molecular weight is 713 g/mol. The van der Waals surface area contributed by atoms with Crippen molar-refractivity contribution in [3.05, 3.63) is 193 Å². The van der Waals surface area contributed by atoms with Crippen molar-refractivity contribution in [1.29, 1.82) is 0 Å². The van der Waals surface area contributed by atoms with Gasteiger partial charge < -0.3 is 4.42 Å². The molecule has 1 heterocycles. The summed E-state index contributed by atoms with van der Waals surface area (Å²) >= 11 is 0. The van der Waals surface area contributed by atoms with Gasteiger partial charge in [0.15, 0.2) is 0 Å². The number of fused-ring (bicyclic) bond motifs is 12. The number of furan rings is 1.